The molecular weight excluding hydrogens is 308 g/mol. The number of aromatic nitrogens is 2. The number of rotatable bonds is 7. The second kappa shape index (κ2) is 8.35. The number of guanidine groups is 1. The second-order valence-corrected chi connectivity index (χ2v) is 5.04. The Balaban J connectivity index is 2.81. The summed E-state index contributed by atoms with van der Waals surface area (Å²) in [5, 5.41) is 7.41. The van der Waals surface area contributed by atoms with Crippen molar-refractivity contribution in [3.05, 3.63) is 10.8 Å². The normalized spacial score (nSPS) is 10.5. The third-order valence-corrected chi connectivity index (χ3v) is 3.26. The number of amides is 1. The minimum absolute atomic E-state index is 0.0631. The molecule has 0 aliphatic carbocycles. The van der Waals surface area contributed by atoms with Crippen LogP contribution in [0.4, 0.5) is 11.6 Å². The maximum absolute atomic E-state index is 12.4. The topological polar surface area (TPSA) is 174 Å². The van der Waals surface area contributed by atoms with Crippen molar-refractivity contribution in [1.82, 2.24) is 14.9 Å². The lowest BCUT2D eigenvalue weighted by atomic mass is 10.2. The first-order chi connectivity index (χ1) is 10.4. The highest BCUT2D eigenvalue weighted by atomic mass is 35.5. The van der Waals surface area contributed by atoms with Crippen LogP contribution in [0.2, 0.25) is 5.15 Å². The Bertz CT molecular complexity index is 550. The van der Waals surface area contributed by atoms with E-state index in [9.17, 15) is 4.79 Å². The maximum atomic E-state index is 12.4. The minimum Gasteiger partial charge on any atom is -0.382 e. The van der Waals surface area contributed by atoms with Gasteiger partial charge in [0.05, 0.1) is 0 Å². The Kier molecular flexibility index (Phi) is 6.80. The predicted octanol–water partition coefficient (Wildman–Crippen LogP) is 0.149. The number of hydrogen-bond acceptors (Lipinski definition) is 7. The Morgan fingerprint density at radius 3 is 2.36 bits per heavy atom. The van der Waals surface area contributed by atoms with Crippen molar-refractivity contribution >= 4 is 35.1 Å². The van der Waals surface area contributed by atoms with Crippen molar-refractivity contribution in [3.8, 4) is 0 Å². The van der Waals surface area contributed by atoms with Gasteiger partial charge in [0.25, 0.3) is 5.91 Å². The van der Waals surface area contributed by atoms with Crippen LogP contribution in [0.25, 0.3) is 0 Å². The number of hydrogen-bond donors (Lipinski definition) is 5. The van der Waals surface area contributed by atoms with E-state index in [1.807, 2.05) is 0 Å². The third kappa shape index (κ3) is 4.71. The number of carbonyl (C=O) groups excluding carboxylic acids is 1. The van der Waals surface area contributed by atoms with Crippen LogP contribution in [0, 0.1) is 5.41 Å². The van der Waals surface area contributed by atoms with Gasteiger partial charge in [-0.1, -0.05) is 24.4 Å². The number of nitrogens with zero attached hydrogens (tertiary/aromatic N) is 3. The maximum Gasteiger partial charge on any atom is 0.283 e. The molecule has 1 aromatic heterocycles. The van der Waals surface area contributed by atoms with Crippen molar-refractivity contribution in [3.63, 3.8) is 0 Å². The Hall–Kier alpha value is -2.13. The first-order valence-corrected chi connectivity index (χ1v) is 7.20. The quantitative estimate of drug-likeness (QED) is 0.269. The summed E-state index contributed by atoms with van der Waals surface area (Å²) in [6, 6.07) is 0. The molecule has 0 aliphatic rings. The molecule has 0 saturated heterocycles. The van der Waals surface area contributed by atoms with Gasteiger partial charge in [-0.3, -0.25) is 15.1 Å². The lowest BCUT2D eigenvalue weighted by molar-refractivity contribution is 0.0838. The molecule has 9 N–H and O–H groups in total. The van der Waals surface area contributed by atoms with E-state index in [-0.39, 0.29) is 29.0 Å². The zero-order valence-corrected chi connectivity index (χ0v) is 12.9. The molecule has 10 heteroatoms. The molecule has 0 fully saturated rings. The van der Waals surface area contributed by atoms with Crippen LogP contribution in [0.1, 0.15) is 36.2 Å². The molecule has 0 bridgehead atoms. The van der Waals surface area contributed by atoms with Crippen molar-refractivity contribution < 1.29 is 4.79 Å². The van der Waals surface area contributed by atoms with Gasteiger partial charge in [-0.25, -0.2) is 9.97 Å². The van der Waals surface area contributed by atoms with Crippen LogP contribution in [-0.4, -0.2) is 39.8 Å². The molecule has 1 aromatic rings. The summed E-state index contributed by atoms with van der Waals surface area (Å²) in [6.07, 6.45) is 3.42. The molecule has 0 aliphatic heterocycles. The van der Waals surface area contributed by atoms with Crippen molar-refractivity contribution in [2.45, 2.75) is 25.7 Å². The van der Waals surface area contributed by atoms with Crippen LogP contribution in [-0.2, 0) is 0 Å². The molecule has 0 spiro atoms. The first-order valence-electron chi connectivity index (χ1n) is 6.83. The van der Waals surface area contributed by atoms with E-state index in [1.54, 1.807) is 0 Å². The molecule has 0 saturated carbocycles. The van der Waals surface area contributed by atoms with Gasteiger partial charge in [0.2, 0.25) is 0 Å². The number of nitrogens with two attached hydrogens (primary N) is 4. The van der Waals surface area contributed by atoms with Gasteiger partial charge < -0.3 is 22.9 Å². The van der Waals surface area contributed by atoms with Crippen LogP contribution in [0.15, 0.2) is 0 Å². The van der Waals surface area contributed by atoms with E-state index in [0.717, 1.165) is 24.2 Å². The number of anilines is 2. The molecule has 1 rings (SSSR count). The number of carbonyl (C=O) groups is 1. The lowest BCUT2D eigenvalue weighted by Gasteiger charge is -2.20. The fraction of sp³-hybridized carbons (Fsp3) is 0.500. The van der Waals surface area contributed by atoms with E-state index < -0.39 is 11.9 Å². The summed E-state index contributed by atoms with van der Waals surface area (Å²) in [5.41, 5.74) is 21.8. The summed E-state index contributed by atoms with van der Waals surface area (Å²) < 4.78 is 0. The summed E-state index contributed by atoms with van der Waals surface area (Å²) in [5.74, 6) is -1.23. The Morgan fingerprint density at radius 2 is 1.77 bits per heavy atom. The van der Waals surface area contributed by atoms with Crippen LogP contribution < -0.4 is 22.9 Å². The first kappa shape index (κ1) is 17.9. The molecule has 0 radical (unpaired) electrons. The molecule has 0 unspecified atom stereocenters. The Morgan fingerprint density at radius 1 is 1.14 bits per heavy atom. The molecular formula is C12H21ClN8O. The molecule has 9 nitrogen and oxygen atoms in total. The second-order valence-electron chi connectivity index (χ2n) is 4.68. The highest BCUT2D eigenvalue weighted by Crippen LogP contribution is 2.19. The third-order valence-electron chi connectivity index (χ3n) is 2.98. The van der Waals surface area contributed by atoms with E-state index in [4.69, 9.17) is 39.9 Å². The largest absolute Gasteiger partial charge is 0.382 e. The minimum atomic E-state index is -0.627. The molecule has 1 heterocycles. The summed E-state index contributed by atoms with van der Waals surface area (Å²) in [7, 11) is 0. The van der Waals surface area contributed by atoms with E-state index in [1.165, 1.54) is 0 Å². The van der Waals surface area contributed by atoms with E-state index in [2.05, 4.69) is 9.97 Å². The highest BCUT2D eigenvalue weighted by molar-refractivity contribution is 6.31. The van der Waals surface area contributed by atoms with Gasteiger partial charge in [0.15, 0.2) is 28.4 Å². The number of halogens is 1. The highest BCUT2D eigenvalue weighted by Gasteiger charge is 2.23. The SMILES string of the molecule is N=C(N)N(CCCCCCN)C(=O)c1nc(Cl)c(N)nc1N. The summed E-state index contributed by atoms with van der Waals surface area (Å²) in [6.45, 7) is 0.910. The lowest BCUT2D eigenvalue weighted by Crippen LogP contribution is -2.42. The van der Waals surface area contributed by atoms with Crippen molar-refractivity contribution in [2.75, 3.05) is 24.6 Å². The van der Waals surface area contributed by atoms with Crippen LogP contribution >= 0.6 is 11.6 Å². The smallest absolute Gasteiger partial charge is 0.283 e. The van der Waals surface area contributed by atoms with Crippen molar-refractivity contribution in [2.24, 2.45) is 11.5 Å². The molecule has 1 amide bonds. The predicted molar refractivity (Wildman–Crippen MR) is 86.3 cm³/mol. The zero-order valence-electron chi connectivity index (χ0n) is 12.2. The zero-order chi connectivity index (χ0) is 16.7. The van der Waals surface area contributed by atoms with Gasteiger partial charge in [-0.2, -0.15) is 0 Å². The summed E-state index contributed by atoms with van der Waals surface area (Å²) >= 11 is 5.75. The molecule has 22 heavy (non-hydrogen) atoms. The fourth-order valence-corrected chi connectivity index (χ4v) is 1.95. The van der Waals surface area contributed by atoms with Crippen LogP contribution in [0.3, 0.4) is 0 Å². The van der Waals surface area contributed by atoms with Gasteiger partial charge in [-0.05, 0) is 19.4 Å². The number of unbranched alkanes of at least 4 members (excludes halogenated alkanes) is 3. The van der Waals surface area contributed by atoms with E-state index in [0.29, 0.717) is 13.0 Å². The number of nitrogens with one attached hydrogen (secondary N) is 1. The molecule has 0 atom stereocenters. The summed E-state index contributed by atoms with van der Waals surface area (Å²) in [4.78, 5) is 21.0. The van der Waals surface area contributed by atoms with E-state index >= 15 is 0 Å². The van der Waals surface area contributed by atoms with Gasteiger partial charge in [0, 0.05) is 6.54 Å². The van der Waals surface area contributed by atoms with Gasteiger partial charge in [0.1, 0.15) is 0 Å². The average Bonchev–Trinajstić information content (AvgIpc) is 2.45. The van der Waals surface area contributed by atoms with Crippen molar-refractivity contribution in [1.29, 1.82) is 5.41 Å². The number of nitrogen functional groups attached to an aromatic ring is 2. The fourth-order valence-electron chi connectivity index (χ4n) is 1.83. The van der Waals surface area contributed by atoms with Gasteiger partial charge in [-0.15, -0.1) is 0 Å². The monoisotopic (exact) mass is 328 g/mol. The van der Waals surface area contributed by atoms with Crippen LogP contribution in [0.5, 0.6) is 0 Å². The molecule has 0 aromatic carbocycles. The standard InChI is InChI=1S/C12H21ClN8O/c13-8-10(16)20-9(15)7(19-8)11(22)21(12(17)18)6-4-2-1-3-5-14/h1-6,14H2,(H3,17,18)(H4,15,16,20). The average molecular weight is 329 g/mol. The molecule has 122 valence electrons. The Labute approximate surface area is 133 Å². The van der Waals surface area contributed by atoms with Gasteiger partial charge >= 0.3 is 0 Å².